The van der Waals surface area contributed by atoms with Gasteiger partial charge in [-0.3, -0.25) is 14.9 Å². The van der Waals surface area contributed by atoms with Crippen molar-refractivity contribution in [2.24, 2.45) is 0 Å². The first-order valence-electron chi connectivity index (χ1n) is 4.16. The van der Waals surface area contributed by atoms with Crippen LogP contribution in [0.4, 0.5) is 32.0 Å². The van der Waals surface area contributed by atoms with E-state index in [0.717, 1.165) is 4.98 Å². The van der Waals surface area contributed by atoms with Crippen molar-refractivity contribution in [3.63, 3.8) is 0 Å². The van der Waals surface area contributed by atoms with E-state index in [9.17, 15) is 41.3 Å². The summed E-state index contributed by atoms with van der Waals surface area (Å²) in [7, 11) is 0. The standard InChI is InChI=1S/C7H2F6N2O4/c8-6(9,10)5-4(15(17)18)2(1-3(16)14-5)19-7(11,12)13/h1H,(H,14,16). The number of nitrogens with one attached hydrogen (secondary N) is 1. The second-order valence-corrected chi connectivity index (χ2v) is 3.02. The summed E-state index contributed by atoms with van der Waals surface area (Å²) < 4.78 is 75.9. The fraction of sp³-hybridized carbons (Fsp3) is 0.286. The average Bonchev–Trinajstić information content (AvgIpc) is 2.11. The SMILES string of the molecule is O=c1cc(OC(F)(F)F)c([N+](=O)[O-])c(C(F)(F)F)[nH]1. The first-order valence-corrected chi connectivity index (χ1v) is 4.16. The first kappa shape index (κ1) is 14.8. The van der Waals surface area contributed by atoms with Crippen molar-refractivity contribution in [2.45, 2.75) is 12.5 Å². The molecule has 0 amide bonds. The van der Waals surface area contributed by atoms with Crippen LogP contribution in [-0.4, -0.2) is 16.3 Å². The number of rotatable bonds is 2. The van der Waals surface area contributed by atoms with Crippen LogP contribution >= 0.6 is 0 Å². The van der Waals surface area contributed by atoms with Gasteiger partial charge in [-0.05, 0) is 0 Å². The number of hydrogen-bond donors (Lipinski definition) is 1. The highest BCUT2D eigenvalue weighted by Gasteiger charge is 2.44. The molecule has 0 bridgehead atoms. The maximum absolute atomic E-state index is 12.4. The molecule has 0 aliphatic carbocycles. The lowest BCUT2D eigenvalue weighted by molar-refractivity contribution is -0.392. The van der Waals surface area contributed by atoms with Gasteiger partial charge in [-0.25, -0.2) is 0 Å². The van der Waals surface area contributed by atoms with Gasteiger partial charge in [0.25, 0.3) is 5.56 Å². The number of hydrogen-bond acceptors (Lipinski definition) is 4. The van der Waals surface area contributed by atoms with Gasteiger partial charge in [0, 0.05) is 0 Å². The summed E-state index contributed by atoms with van der Waals surface area (Å²) in [6.45, 7) is 0. The van der Waals surface area contributed by atoms with E-state index in [-0.39, 0.29) is 6.07 Å². The van der Waals surface area contributed by atoms with Crippen molar-refractivity contribution >= 4 is 5.69 Å². The van der Waals surface area contributed by atoms with E-state index in [4.69, 9.17) is 0 Å². The minimum absolute atomic E-state index is 0.0964. The van der Waals surface area contributed by atoms with Crippen LogP contribution in [0.1, 0.15) is 5.69 Å². The van der Waals surface area contributed by atoms with Crippen LogP contribution in [0.2, 0.25) is 0 Å². The van der Waals surface area contributed by atoms with E-state index >= 15 is 0 Å². The maximum Gasteiger partial charge on any atom is 0.573 e. The largest absolute Gasteiger partial charge is 0.573 e. The Morgan fingerprint density at radius 1 is 1.21 bits per heavy atom. The second kappa shape index (κ2) is 4.44. The molecule has 0 saturated carbocycles. The van der Waals surface area contributed by atoms with Gasteiger partial charge in [-0.15, -0.1) is 13.2 Å². The lowest BCUT2D eigenvalue weighted by Crippen LogP contribution is -2.23. The molecule has 19 heavy (non-hydrogen) atoms. The van der Waals surface area contributed by atoms with Crippen molar-refractivity contribution < 1.29 is 36.0 Å². The van der Waals surface area contributed by atoms with E-state index in [1.54, 1.807) is 0 Å². The summed E-state index contributed by atoms with van der Waals surface area (Å²) in [6.07, 6.45) is -10.9. The number of H-pyrrole nitrogens is 1. The topological polar surface area (TPSA) is 85.2 Å². The monoisotopic (exact) mass is 292 g/mol. The molecule has 0 fully saturated rings. The van der Waals surface area contributed by atoms with Crippen molar-refractivity contribution in [1.29, 1.82) is 0 Å². The maximum atomic E-state index is 12.4. The van der Waals surface area contributed by atoms with Crippen LogP contribution in [0.25, 0.3) is 0 Å². The van der Waals surface area contributed by atoms with Crippen LogP contribution < -0.4 is 10.3 Å². The molecule has 1 N–H and O–H groups in total. The van der Waals surface area contributed by atoms with Crippen LogP contribution in [0.5, 0.6) is 5.75 Å². The molecule has 6 nitrogen and oxygen atoms in total. The summed E-state index contributed by atoms with van der Waals surface area (Å²) in [5, 5.41) is 10.4. The summed E-state index contributed by atoms with van der Waals surface area (Å²) in [4.78, 5) is 20.5. The van der Waals surface area contributed by atoms with Gasteiger partial charge >= 0.3 is 18.2 Å². The molecular weight excluding hydrogens is 290 g/mol. The molecule has 0 spiro atoms. The molecule has 12 heteroatoms. The van der Waals surface area contributed by atoms with Gasteiger partial charge in [0.15, 0.2) is 0 Å². The highest BCUT2D eigenvalue weighted by molar-refractivity contribution is 5.50. The third-order valence-electron chi connectivity index (χ3n) is 1.67. The number of aromatic amines is 1. The molecule has 0 atom stereocenters. The lowest BCUT2D eigenvalue weighted by atomic mass is 10.2. The van der Waals surface area contributed by atoms with Gasteiger partial charge < -0.3 is 9.72 Å². The fourth-order valence-corrected chi connectivity index (χ4v) is 1.12. The Morgan fingerprint density at radius 2 is 1.74 bits per heavy atom. The molecule has 1 aromatic rings. The molecule has 106 valence electrons. The molecule has 0 radical (unpaired) electrons. The Kier molecular flexibility index (Phi) is 3.45. The highest BCUT2D eigenvalue weighted by atomic mass is 19.4. The lowest BCUT2D eigenvalue weighted by Gasteiger charge is -2.12. The van der Waals surface area contributed by atoms with Gasteiger partial charge in [0.2, 0.25) is 11.4 Å². The normalized spacial score (nSPS) is 12.3. The predicted molar refractivity (Wildman–Crippen MR) is 45.4 cm³/mol. The van der Waals surface area contributed by atoms with Gasteiger partial charge in [0.1, 0.15) is 0 Å². The van der Waals surface area contributed by atoms with E-state index in [2.05, 4.69) is 4.74 Å². The number of halogens is 6. The summed E-state index contributed by atoms with van der Waals surface area (Å²) in [6, 6.07) is -0.0964. The Morgan fingerprint density at radius 3 is 2.11 bits per heavy atom. The Bertz CT molecular complexity index is 560. The van der Waals surface area contributed by atoms with Crippen molar-refractivity contribution in [3.05, 3.63) is 32.2 Å². The third kappa shape index (κ3) is 3.59. The molecule has 0 aliphatic rings. The van der Waals surface area contributed by atoms with E-state index < -0.39 is 40.2 Å². The zero-order chi connectivity index (χ0) is 15.0. The van der Waals surface area contributed by atoms with E-state index in [1.165, 1.54) is 0 Å². The summed E-state index contributed by atoms with van der Waals surface area (Å²) >= 11 is 0. The van der Waals surface area contributed by atoms with Crippen LogP contribution in [0.3, 0.4) is 0 Å². The molecule has 0 saturated heterocycles. The zero-order valence-corrected chi connectivity index (χ0v) is 8.43. The molecular formula is C7H2F6N2O4. The first-order chi connectivity index (χ1) is 8.42. The molecule has 0 unspecified atom stereocenters. The van der Waals surface area contributed by atoms with Crippen LogP contribution in [0.15, 0.2) is 10.9 Å². The average molecular weight is 292 g/mol. The summed E-state index contributed by atoms with van der Waals surface area (Å²) in [5.41, 5.74) is -5.88. The van der Waals surface area contributed by atoms with Crippen molar-refractivity contribution in [1.82, 2.24) is 4.98 Å². The van der Waals surface area contributed by atoms with Crippen molar-refractivity contribution in [3.8, 4) is 5.75 Å². The Hall–Kier alpha value is -2.27. The second-order valence-electron chi connectivity index (χ2n) is 3.02. The smallest absolute Gasteiger partial charge is 0.398 e. The number of aromatic nitrogens is 1. The molecule has 0 aromatic carbocycles. The Balaban J connectivity index is 3.59. The highest BCUT2D eigenvalue weighted by Crippen LogP contribution is 2.40. The third-order valence-corrected chi connectivity index (χ3v) is 1.67. The van der Waals surface area contributed by atoms with E-state index in [1.807, 2.05) is 0 Å². The van der Waals surface area contributed by atoms with Gasteiger partial charge in [-0.1, -0.05) is 0 Å². The molecule has 1 rings (SSSR count). The van der Waals surface area contributed by atoms with Crippen molar-refractivity contribution in [2.75, 3.05) is 0 Å². The zero-order valence-electron chi connectivity index (χ0n) is 8.43. The number of nitrogens with zero attached hydrogens (tertiary/aromatic N) is 1. The number of nitro groups is 1. The van der Waals surface area contributed by atoms with E-state index in [0.29, 0.717) is 0 Å². The quantitative estimate of drug-likeness (QED) is 0.514. The number of alkyl halides is 6. The van der Waals surface area contributed by atoms with Gasteiger partial charge in [-0.2, -0.15) is 13.2 Å². The van der Waals surface area contributed by atoms with Crippen LogP contribution in [0, 0.1) is 10.1 Å². The van der Waals surface area contributed by atoms with Gasteiger partial charge in [0.05, 0.1) is 11.0 Å². The Labute approximate surface area is 98.3 Å². The minimum Gasteiger partial charge on any atom is -0.398 e. The number of ether oxygens (including phenoxy) is 1. The summed E-state index contributed by atoms with van der Waals surface area (Å²) in [5.74, 6) is -1.84. The molecule has 1 heterocycles. The van der Waals surface area contributed by atoms with Crippen LogP contribution in [-0.2, 0) is 6.18 Å². The minimum atomic E-state index is -5.48. The molecule has 1 aromatic heterocycles. The predicted octanol–water partition coefficient (Wildman–Crippen LogP) is 2.20. The fourth-order valence-electron chi connectivity index (χ4n) is 1.12. The number of pyridine rings is 1. The molecule has 0 aliphatic heterocycles.